The van der Waals surface area contributed by atoms with E-state index in [0.717, 1.165) is 24.9 Å². The number of nitrogens with one attached hydrogen (secondary N) is 2. The number of halogens is 1. The summed E-state index contributed by atoms with van der Waals surface area (Å²) in [4.78, 5) is 26.9. The summed E-state index contributed by atoms with van der Waals surface area (Å²) in [7, 11) is 0. The Labute approximate surface area is 171 Å². The van der Waals surface area contributed by atoms with Crippen molar-refractivity contribution in [2.75, 3.05) is 18.4 Å². The Balaban J connectivity index is 1.71. The number of benzene rings is 2. The van der Waals surface area contributed by atoms with E-state index in [9.17, 15) is 9.59 Å². The molecule has 0 aromatic heterocycles. The number of hydrogen-bond acceptors (Lipinski definition) is 2. The Bertz CT molecular complexity index is 853. The van der Waals surface area contributed by atoms with Crippen LogP contribution in [0.25, 0.3) is 0 Å². The van der Waals surface area contributed by atoms with Gasteiger partial charge in [0.05, 0.1) is 10.7 Å². The van der Waals surface area contributed by atoms with Gasteiger partial charge in [-0.3, -0.25) is 4.79 Å². The van der Waals surface area contributed by atoms with Gasteiger partial charge in [-0.1, -0.05) is 35.9 Å². The van der Waals surface area contributed by atoms with Crippen molar-refractivity contribution < 1.29 is 9.59 Å². The zero-order valence-electron chi connectivity index (χ0n) is 16.2. The number of piperidine rings is 1. The molecule has 1 aliphatic rings. The first-order chi connectivity index (χ1) is 13.4. The summed E-state index contributed by atoms with van der Waals surface area (Å²) < 4.78 is 0. The minimum Gasteiger partial charge on any atom is -0.336 e. The molecule has 6 heteroatoms. The first-order valence-electron chi connectivity index (χ1n) is 9.65. The van der Waals surface area contributed by atoms with Crippen molar-refractivity contribution in [1.29, 1.82) is 0 Å². The molecule has 0 aliphatic carbocycles. The van der Waals surface area contributed by atoms with Crippen LogP contribution in [0.15, 0.2) is 48.5 Å². The summed E-state index contributed by atoms with van der Waals surface area (Å²) in [6.07, 6.45) is 1.95. The molecule has 0 saturated carbocycles. The van der Waals surface area contributed by atoms with Crippen LogP contribution in [0.3, 0.4) is 0 Å². The van der Waals surface area contributed by atoms with Gasteiger partial charge in [-0.05, 0) is 56.5 Å². The summed E-state index contributed by atoms with van der Waals surface area (Å²) in [5.74, 6) is 0.0277. The second-order valence-electron chi connectivity index (χ2n) is 7.45. The van der Waals surface area contributed by atoms with Crippen LogP contribution >= 0.6 is 11.6 Å². The number of hydrogen-bond donors (Lipinski definition) is 2. The van der Waals surface area contributed by atoms with Crippen molar-refractivity contribution in [3.05, 3.63) is 64.7 Å². The van der Waals surface area contributed by atoms with E-state index in [1.54, 1.807) is 18.2 Å². The van der Waals surface area contributed by atoms with Crippen molar-refractivity contribution in [3.8, 4) is 0 Å². The lowest BCUT2D eigenvalue weighted by Crippen LogP contribution is -2.47. The Morgan fingerprint density at radius 1 is 1.14 bits per heavy atom. The monoisotopic (exact) mass is 399 g/mol. The average Bonchev–Trinajstić information content (AvgIpc) is 2.69. The molecule has 2 aromatic carbocycles. The highest BCUT2D eigenvalue weighted by Gasteiger charge is 2.25. The first-order valence-corrected chi connectivity index (χ1v) is 10.0. The third-order valence-corrected chi connectivity index (χ3v) is 5.19. The molecule has 1 saturated heterocycles. The number of anilines is 1. The number of para-hydroxylation sites is 1. The summed E-state index contributed by atoms with van der Waals surface area (Å²) in [5, 5.41) is 6.32. The third-order valence-electron chi connectivity index (χ3n) is 4.86. The van der Waals surface area contributed by atoms with Gasteiger partial charge in [0.15, 0.2) is 0 Å². The summed E-state index contributed by atoms with van der Waals surface area (Å²) in [6.45, 7) is 5.34. The van der Waals surface area contributed by atoms with Gasteiger partial charge in [0.25, 0.3) is 5.91 Å². The van der Waals surface area contributed by atoms with E-state index < -0.39 is 0 Å². The van der Waals surface area contributed by atoms with E-state index in [0.29, 0.717) is 22.8 Å². The SMILES string of the molecule is CC(C)NC(=O)N1CCC[C@@H](c2cccc(C(=O)Nc3ccccc3Cl)c2)C1. The maximum absolute atomic E-state index is 12.7. The summed E-state index contributed by atoms with van der Waals surface area (Å²) in [6, 6.07) is 14.9. The number of likely N-dealkylation sites (tertiary alicyclic amines) is 1. The van der Waals surface area contributed by atoms with E-state index in [-0.39, 0.29) is 23.9 Å². The van der Waals surface area contributed by atoms with Crippen molar-refractivity contribution in [2.45, 2.75) is 38.6 Å². The number of carbonyl (C=O) groups is 2. The van der Waals surface area contributed by atoms with E-state index in [1.165, 1.54) is 0 Å². The number of carbonyl (C=O) groups excluding carboxylic acids is 2. The van der Waals surface area contributed by atoms with Gasteiger partial charge in [-0.2, -0.15) is 0 Å². The normalized spacial score (nSPS) is 16.7. The lowest BCUT2D eigenvalue weighted by Gasteiger charge is -2.33. The Hall–Kier alpha value is -2.53. The van der Waals surface area contributed by atoms with Gasteiger partial charge in [-0.25, -0.2) is 4.79 Å². The highest BCUT2D eigenvalue weighted by atomic mass is 35.5. The van der Waals surface area contributed by atoms with Crippen LogP contribution in [-0.2, 0) is 0 Å². The first kappa shape index (κ1) is 20.2. The van der Waals surface area contributed by atoms with Crippen LogP contribution in [0.4, 0.5) is 10.5 Å². The quantitative estimate of drug-likeness (QED) is 0.768. The van der Waals surface area contributed by atoms with Gasteiger partial charge >= 0.3 is 6.03 Å². The maximum Gasteiger partial charge on any atom is 0.317 e. The van der Waals surface area contributed by atoms with Crippen molar-refractivity contribution in [1.82, 2.24) is 10.2 Å². The zero-order valence-corrected chi connectivity index (χ0v) is 17.0. The lowest BCUT2D eigenvalue weighted by atomic mass is 9.89. The molecule has 1 atom stereocenters. The summed E-state index contributed by atoms with van der Waals surface area (Å²) in [5.41, 5.74) is 2.25. The van der Waals surface area contributed by atoms with E-state index in [2.05, 4.69) is 10.6 Å². The number of rotatable bonds is 4. The van der Waals surface area contributed by atoms with Gasteiger partial charge in [0.1, 0.15) is 0 Å². The van der Waals surface area contributed by atoms with Gasteiger partial charge < -0.3 is 15.5 Å². The van der Waals surface area contributed by atoms with Crippen LogP contribution in [-0.4, -0.2) is 36.0 Å². The summed E-state index contributed by atoms with van der Waals surface area (Å²) >= 11 is 6.13. The molecule has 1 fully saturated rings. The van der Waals surface area contributed by atoms with Crippen molar-refractivity contribution in [2.24, 2.45) is 0 Å². The Kier molecular flexibility index (Phi) is 6.57. The molecule has 2 N–H and O–H groups in total. The molecular weight excluding hydrogens is 374 g/mol. The lowest BCUT2D eigenvalue weighted by molar-refractivity contribution is 0.102. The predicted octanol–water partition coefficient (Wildman–Crippen LogP) is 4.89. The van der Waals surface area contributed by atoms with E-state index in [4.69, 9.17) is 11.6 Å². The molecule has 3 amide bonds. The number of nitrogens with zero attached hydrogens (tertiary/aromatic N) is 1. The van der Waals surface area contributed by atoms with Crippen molar-refractivity contribution in [3.63, 3.8) is 0 Å². The fourth-order valence-corrected chi connectivity index (χ4v) is 3.65. The molecule has 28 heavy (non-hydrogen) atoms. The molecular formula is C22H26ClN3O2. The molecule has 148 valence electrons. The highest BCUT2D eigenvalue weighted by molar-refractivity contribution is 6.33. The van der Waals surface area contributed by atoms with Crippen LogP contribution in [0.2, 0.25) is 5.02 Å². The second kappa shape index (κ2) is 9.11. The Morgan fingerprint density at radius 3 is 2.68 bits per heavy atom. The van der Waals surface area contributed by atoms with Crippen LogP contribution < -0.4 is 10.6 Å². The van der Waals surface area contributed by atoms with Crippen LogP contribution in [0.5, 0.6) is 0 Å². The van der Waals surface area contributed by atoms with Crippen molar-refractivity contribution >= 4 is 29.2 Å². The molecule has 1 aliphatic heterocycles. The van der Waals surface area contributed by atoms with Crippen LogP contribution in [0.1, 0.15) is 48.5 Å². The largest absolute Gasteiger partial charge is 0.336 e. The Morgan fingerprint density at radius 2 is 1.93 bits per heavy atom. The predicted molar refractivity (Wildman–Crippen MR) is 113 cm³/mol. The van der Waals surface area contributed by atoms with Gasteiger partial charge in [-0.15, -0.1) is 0 Å². The zero-order chi connectivity index (χ0) is 20.1. The second-order valence-corrected chi connectivity index (χ2v) is 7.86. The minimum absolute atomic E-state index is 0.0210. The van der Waals surface area contributed by atoms with Gasteiger partial charge in [0, 0.05) is 30.6 Å². The molecule has 2 aromatic rings. The molecule has 3 rings (SSSR count). The van der Waals surface area contributed by atoms with E-state index >= 15 is 0 Å². The molecule has 1 heterocycles. The topological polar surface area (TPSA) is 61.4 Å². The average molecular weight is 400 g/mol. The van der Waals surface area contributed by atoms with Gasteiger partial charge in [0.2, 0.25) is 0 Å². The third kappa shape index (κ3) is 5.04. The standard InChI is InChI=1S/C22H26ClN3O2/c1-15(2)24-22(28)26-12-6-9-18(14-26)16-7-5-8-17(13-16)21(27)25-20-11-4-3-10-19(20)23/h3-5,7-8,10-11,13,15,18H,6,9,12,14H2,1-2H3,(H,24,28)(H,25,27)/t18-/m1/s1. The molecule has 0 bridgehead atoms. The number of urea groups is 1. The fourth-order valence-electron chi connectivity index (χ4n) is 3.46. The minimum atomic E-state index is -0.194. The maximum atomic E-state index is 12.7. The molecule has 0 spiro atoms. The van der Waals surface area contributed by atoms with Crippen LogP contribution in [0, 0.1) is 0 Å². The smallest absolute Gasteiger partial charge is 0.317 e. The molecule has 0 unspecified atom stereocenters. The van der Waals surface area contributed by atoms with E-state index in [1.807, 2.05) is 49.1 Å². The molecule has 5 nitrogen and oxygen atoms in total. The highest BCUT2D eigenvalue weighted by Crippen LogP contribution is 2.28. The number of amides is 3. The molecule has 0 radical (unpaired) electrons. The fraction of sp³-hybridized carbons (Fsp3) is 0.364.